The molecule has 0 saturated heterocycles. The molecule has 1 heterocycles. The van der Waals surface area contributed by atoms with Gasteiger partial charge in [-0.2, -0.15) is 0 Å². The van der Waals surface area contributed by atoms with Gasteiger partial charge in [0.25, 0.3) is 0 Å². The Labute approximate surface area is 190 Å². The van der Waals surface area contributed by atoms with Gasteiger partial charge < -0.3 is 4.90 Å². The molecule has 3 aromatic rings. The van der Waals surface area contributed by atoms with Crippen molar-refractivity contribution in [3.63, 3.8) is 0 Å². The minimum atomic E-state index is -0.238. The van der Waals surface area contributed by atoms with Crippen molar-refractivity contribution in [3.8, 4) is 0 Å². The second-order valence-electron chi connectivity index (χ2n) is 7.32. The number of hydrogen-bond acceptors (Lipinski definition) is 5. The SMILES string of the molecule is Cc1cc(Cl)cc2sc(N(CCN(C)C)C(=O)CCCSc3ccc(F)cc3)nc12. The van der Waals surface area contributed by atoms with Crippen molar-refractivity contribution in [2.45, 2.75) is 24.7 Å². The van der Waals surface area contributed by atoms with E-state index in [0.717, 1.165) is 39.4 Å². The predicted molar refractivity (Wildman–Crippen MR) is 127 cm³/mol. The fraction of sp³-hybridized carbons (Fsp3) is 0.364. The summed E-state index contributed by atoms with van der Waals surface area (Å²) in [5.74, 6) is 0.630. The lowest BCUT2D eigenvalue weighted by atomic mass is 10.2. The van der Waals surface area contributed by atoms with Crippen LogP contribution in [0.2, 0.25) is 5.02 Å². The Balaban J connectivity index is 1.67. The number of thioether (sulfide) groups is 1. The summed E-state index contributed by atoms with van der Waals surface area (Å²) in [6.07, 6.45) is 1.19. The zero-order chi connectivity index (χ0) is 21.7. The topological polar surface area (TPSA) is 36.4 Å². The van der Waals surface area contributed by atoms with Gasteiger partial charge >= 0.3 is 0 Å². The molecule has 4 nitrogen and oxygen atoms in total. The van der Waals surface area contributed by atoms with E-state index in [9.17, 15) is 9.18 Å². The molecule has 1 aromatic heterocycles. The summed E-state index contributed by atoms with van der Waals surface area (Å²) in [6.45, 7) is 3.33. The lowest BCUT2D eigenvalue weighted by Crippen LogP contribution is -2.36. The molecule has 160 valence electrons. The van der Waals surface area contributed by atoms with Gasteiger partial charge in [-0.25, -0.2) is 9.37 Å². The Morgan fingerprint density at radius 1 is 1.20 bits per heavy atom. The van der Waals surface area contributed by atoms with Crippen LogP contribution >= 0.6 is 34.7 Å². The summed E-state index contributed by atoms with van der Waals surface area (Å²) in [5, 5.41) is 1.40. The molecule has 3 rings (SSSR count). The van der Waals surface area contributed by atoms with E-state index in [-0.39, 0.29) is 11.7 Å². The third-order valence-electron chi connectivity index (χ3n) is 4.56. The number of fused-ring (bicyclic) bond motifs is 1. The van der Waals surface area contributed by atoms with Gasteiger partial charge in [-0.05, 0) is 75.2 Å². The minimum Gasteiger partial charge on any atom is -0.308 e. The lowest BCUT2D eigenvalue weighted by molar-refractivity contribution is -0.118. The number of halogens is 2. The Hall–Kier alpha value is -1.67. The first-order chi connectivity index (χ1) is 14.3. The van der Waals surface area contributed by atoms with E-state index in [1.54, 1.807) is 28.8 Å². The third-order valence-corrected chi connectivity index (χ3v) is 6.90. The number of carbonyl (C=O) groups excluding carboxylic acids is 1. The van der Waals surface area contributed by atoms with E-state index in [1.165, 1.54) is 23.5 Å². The molecule has 0 atom stereocenters. The maximum absolute atomic E-state index is 13.0. The van der Waals surface area contributed by atoms with E-state index < -0.39 is 0 Å². The van der Waals surface area contributed by atoms with E-state index >= 15 is 0 Å². The summed E-state index contributed by atoms with van der Waals surface area (Å²) in [5.41, 5.74) is 1.91. The van der Waals surface area contributed by atoms with E-state index in [1.807, 2.05) is 33.2 Å². The highest BCUT2D eigenvalue weighted by Gasteiger charge is 2.20. The van der Waals surface area contributed by atoms with Crippen LogP contribution in [0.5, 0.6) is 0 Å². The highest BCUT2D eigenvalue weighted by Crippen LogP contribution is 2.33. The van der Waals surface area contributed by atoms with Crippen molar-refractivity contribution in [2.75, 3.05) is 37.8 Å². The van der Waals surface area contributed by atoms with E-state index in [0.29, 0.717) is 23.1 Å². The molecule has 0 aliphatic carbocycles. The first kappa shape index (κ1) is 23.0. The van der Waals surface area contributed by atoms with Crippen LogP contribution in [0.1, 0.15) is 18.4 Å². The summed E-state index contributed by atoms with van der Waals surface area (Å²) in [6, 6.07) is 10.2. The van der Waals surface area contributed by atoms with Gasteiger partial charge in [0, 0.05) is 29.4 Å². The van der Waals surface area contributed by atoms with Crippen molar-refractivity contribution in [1.29, 1.82) is 0 Å². The molecule has 0 aliphatic heterocycles. The maximum atomic E-state index is 13.0. The fourth-order valence-corrected chi connectivity index (χ4v) is 5.28. The Kier molecular flexibility index (Phi) is 8.11. The van der Waals surface area contributed by atoms with Crippen LogP contribution < -0.4 is 4.90 Å². The zero-order valence-electron chi connectivity index (χ0n) is 17.3. The molecule has 30 heavy (non-hydrogen) atoms. The van der Waals surface area contributed by atoms with Crippen molar-refractivity contribution < 1.29 is 9.18 Å². The number of hydrogen-bond donors (Lipinski definition) is 0. The Morgan fingerprint density at radius 3 is 2.63 bits per heavy atom. The zero-order valence-corrected chi connectivity index (χ0v) is 19.7. The van der Waals surface area contributed by atoms with Gasteiger partial charge in [-0.15, -0.1) is 11.8 Å². The lowest BCUT2D eigenvalue weighted by Gasteiger charge is -2.22. The van der Waals surface area contributed by atoms with Crippen LogP contribution in [0.25, 0.3) is 10.2 Å². The molecule has 0 saturated carbocycles. The van der Waals surface area contributed by atoms with Gasteiger partial charge in [0.2, 0.25) is 5.91 Å². The van der Waals surface area contributed by atoms with Gasteiger partial charge in [-0.1, -0.05) is 22.9 Å². The largest absolute Gasteiger partial charge is 0.308 e. The van der Waals surface area contributed by atoms with Crippen LogP contribution in [0.4, 0.5) is 9.52 Å². The molecule has 2 aromatic carbocycles. The van der Waals surface area contributed by atoms with Crippen LogP contribution in [-0.4, -0.2) is 48.7 Å². The molecular formula is C22H25ClFN3OS2. The van der Waals surface area contributed by atoms with Crippen LogP contribution in [0.3, 0.4) is 0 Å². The number of aromatic nitrogens is 1. The number of thiazole rings is 1. The van der Waals surface area contributed by atoms with Crippen molar-refractivity contribution >= 4 is 56.0 Å². The number of rotatable bonds is 9. The van der Waals surface area contributed by atoms with Crippen molar-refractivity contribution in [3.05, 3.63) is 52.8 Å². The van der Waals surface area contributed by atoms with E-state index in [2.05, 4.69) is 4.90 Å². The molecule has 1 amide bonds. The normalized spacial score (nSPS) is 11.4. The number of aryl methyl sites for hydroxylation is 1. The first-order valence-electron chi connectivity index (χ1n) is 9.73. The molecule has 0 aliphatic rings. The molecule has 0 unspecified atom stereocenters. The van der Waals surface area contributed by atoms with Gasteiger partial charge in [0.15, 0.2) is 5.13 Å². The summed E-state index contributed by atoms with van der Waals surface area (Å²) < 4.78 is 14.0. The van der Waals surface area contributed by atoms with Crippen LogP contribution in [0.15, 0.2) is 41.3 Å². The van der Waals surface area contributed by atoms with Crippen molar-refractivity contribution in [1.82, 2.24) is 9.88 Å². The smallest absolute Gasteiger partial charge is 0.228 e. The standard InChI is InChI=1S/C22H25ClFN3OS2/c1-15-13-16(23)14-19-21(15)25-22(30-19)27(11-10-26(2)3)20(28)5-4-12-29-18-8-6-17(24)7-9-18/h6-9,13-14H,4-5,10-12H2,1-3H3. The predicted octanol–water partition coefficient (Wildman–Crippen LogP) is 5.86. The molecule has 8 heteroatoms. The monoisotopic (exact) mass is 465 g/mol. The van der Waals surface area contributed by atoms with E-state index in [4.69, 9.17) is 16.6 Å². The van der Waals surface area contributed by atoms with Crippen molar-refractivity contribution in [2.24, 2.45) is 0 Å². The van der Waals surface area contributed by atoms with Gasteiger partial charge in [-0.3, -0.25) is 9.69 Å². The molecule has 0 fully saturated rings. The second kappa shape index (κ2) is 10.6. The number of benzene rings is 2. The molecule has 0 N–H and O–H groups in total. The minimum absolute atomic E-state index is 0.0689. The highest BCUT2D eigenvalue weighted by atomic mass is 35.5. The number of carbonyl (C=O) groups is 1. The molecule has 0 spiro atoms. The first-order valence-corrected chi connectivity index (χ1v) is 11.9. The van der Waals surface area contributed by atoms with Gasteiger partial charge in [0.05, 0.1) is 10.2 Å². The molecule has 0 radical (unpaired) electrons. The second-order valence-corrected chi connectivity index (χ2v) is 9.93. The summed E-state index contributed by atoms with van der Waals surface area (Å²) in [4.78, 5) is 22.6. The maximum Gasteiger partial charge on any atom is 0.228 e. The molecule has 0 bridgehead atoms. The number of likely N-dealkylation sites (N-methyl/N-ethyl adjacent to an activating group) is 1. The number of amides is 1. The summed E-state index contributed by atoms with van der Waals surface area (Å²) in [7, 11) is 3.98. The highest BCUT2D eigenvalue weighted by molar-refractivity contribution is 7.99. The average molecular weight is 466 g/mol. The fourth-order valence-electron chi connectivity index (χ4n) is 2.96. The molecular weight excluding hydrogens is 441 g/mol. The number of anilines is 1. The third kappa shape index (κ3) is 6.17. The quantitative estimate of drug-likeness (QED) is 0.293. The van der Waals surface area contributed by atoms with Gasteiger partial charge in [0.1, 0.15) is 5.82 Å². The average Bonchev–Trinajstić information content (AvgIpc) is 3.10. The number of nitrogens with zero attached hydrogens (tertiary/aromatic N) is 3. The Morgan fingerprint density at radius 2 is 1.93 bits per heavy atom. The van der Waals surface area contributed by atoms with Crippen LogP contribution in [0, 0.1) is 12.7 Å². The van der Waals surface area contributed by atoms with Crippen LogP contribution in [-0.2, 0) is 4.79 Å². The summed E-state index contributed by atoms with van der Waals surface area (Å²) >= 11 is 9.32. The Bertz CT molecular complexity index is 1010.